The Bertz CT molecular complexity index is 721. The second-order valence-corrected chi connectivity index (χ2v) is 9.36. The molecule has 0 aromatic carbocycles. The van der Waals surface area contributed by atoms with Gasteiger partial charge < -0.3 is 10.6 Å². The molecule has 2 heterocycles. The molecule has 1 aromatic heterocycles. The molecule has 4 amide bonds. The predicted octanol–water partition coefficient (Wildman–Crippen LogP) is 3.74. The molecule has 2 N–H and O–H groups in total. The van der Waals surface area contributed by atoms with Gasteiger partial charge in [-0.3, -0.25) is 14.5 Å². The minimum absolute atomic E-state index is 0.00735. The Labute approximate surface area is 170 Å². The van der Waals surface area contributed by atoms with Crippen LogP contribution in [0.25, 0.3) is 0 Å². The first kappa shape index (κ1) is 19.4. The Kier molecular flexibility index (Phi) is 5.71. The number of carbonyl (C=O) groups excluding carboxylic acids is 3. The molecule has 2 saturated carbocycles. The van der Waals surface area contributed by atoms with Crippen molar-refractivity contribution in [1.29, 1.82) is 0 Å². The Morgan fingerprint density at radius 1 is 1.25 bits per heavy atom. The van der Waals surface area contributed by atoms with Gasteiger partial charge in [0, 0.05) is 17.8 Å². The van der Waals surface area contributed by atoms with E-state index in [0.717, 1.165) is 38.5 Å². The molecular formula is C21H29N3O3S. The Balaban J connectivity index is 1.29. The number of hydrogen-bond donors (Lipinski definition) is 2. The largest absolute Gasteiger partial charge is 0.348 e. The maximum absolute atomic E-state index is 12.7. The van der Waals surface area contributed by atoms with Crippen LogP contribution >= 0.6 is 11.3 Å². The van der Waals surface area contributed by atoms with Crippen LogP contribution in [0.2, 0.25) is 0 Å². The van der Waals surface area contributed by atoms with Crippen LogP contribution in [0.3, 0.4) is 0 Å². The zero-order chi connectivity index (χ0) is 19.6. The quantitative estimate of drug-likeness (QED) is 0.681. The minimum atomic E-state index is -0.661. The fourth-order valence-electron chi connectivity index (χ4n) is 5.02. The highest BCUT2D eigenvalue weighted by Gasteiger charge is 2.52. The molecule has 2 aliphatic carbocycles. The summed E-state index contributed by atoms with van der Waals surface area (Å²) in [6.07, 6.45) is 9.05. The monoisotopic (exact) mass is 403 g/mol. The summed E-state index contributed by atoms with van der Waals surface area (Å²) >= 11 is 1.69. The smallest absolute Gasteiger partial charge is 0.325 e. The first-order chi connectivity index (χ1) is 13.6. The van der Waals surface area contributed by atoms with Gasteiger partial charge in [0.2, 0.25) is 5.91 Å². The molecule has 3 aliphatic rings. The van der Waals surface area contributed by atoms with Crippen LogP contribution < -0.4 is 10.6 Å². The number of amides is 4. The van der Waals surface area contributed by atoms with E-state index >= 15 is 0 Å². The molecule has 28 heavy (non-hydrogen) atoms. The van der Waals surface area contributed by atoms with E-state index < -0.39 is 5.54 Å². The first-order valence-electron chi connectivity index (χ1n) is 10.6. The van der Waals surface area contributed by atoms with Crippen molar-refractivity contribution in [3.05, 3.63) is 22.4 Å². The highest BCUT2D eigenvalue weighted by Crippen LogP contribution is 2.37. The third kappa shape index (κ3) is 3.81. The van der Waals surface area contributed by atoms with Crippen LogP contribution in [0, 0.1) is 5.92 Å². The summed E-state index contributed by atoms with van der Waals surface area (Å²) in [6.45, 7) is 0.312. The summed E-state index contributed by atoms with van der Waals surface area (Å²) in [6, 6.07) is 3.93. The van der Waals surface area contributed by atoms with E-state index in [9.17, 15) is 14.4 Å². The van der Waals surface area contributed by atoms with E-state index in [1.165, 1.54) is 22.6 Å². The van der Waals surface area contributed by atoms with Gasteiger partial charge in [-0.1, -0.05) is 31.7 Å². The number of rotatable bonds is 7. The second kappa shape index (κ2) is 8.23. The molecular weight excluding hydrogens is 374 g/mol. The van der Waals surface area contributed by atoms with Crippen molar-refractivity contribution in [3.8, 4) is 0 Å². The maximum Gasteiger partial charge on any atom is 0.325 e. The van der Waals surface area contributed by atoms with Crippen molar-refractivity contribution in [2.75, 3.05) is 6.54 Å². The topological polar surface area (TPSA) is 78.5 Å². The van der Waals surface area contributed by atoms with Crippen molar-refractivity contribution >= 4 is 29.2 Å². The number of nitrogens with one attached hydrogen (secondary N) is 2. The van der Waals surface area contributed by atoms with Gasteiger partial charge in [0.15, 0.2) is 0 Å². The lowest BCUT2D eigenvalue weighted by molar-refractivity contribution is -0.131. The van der Waals surface area contributed by atoms with Gasteiger partial charge >= 0.3 is 6.03 Å². The van der Waals surface area contributed by atoms with E-state index in [-0.39, 0.29) is 23.9 Å². The summed E-state index contributed by atoms with van der Waals surface area (Å²) < 4.78 is 0. The molecule has 3 fully saturated rings. The molecule has 0 radical (unpaired) electrons. The predicted molar refractivity (Wildman–Crippen MR) is 108 cm³/mol. The number of urea groups is 1. The van der Waals surface area contributed by atoms with Gasteiger partial charge in [0.1, 0.15) is 5.54 Å². The zero-order valence-electron chi connectivity index (χ0n) is 16.2. The van der Waals surface area contributed by atoms with Gasteiger partial charge in [0.25, 0.3) is 5.91 Å². The summed E-state index contributed by atoms with van der Waals surface area (Å²) in [4.78, 5) is 40.0. The molecule has 1 aliphatic heterocycles. The Morgan fingerprint density at radius 3 is 2.68 bits per heavy atom. The molecule has 152 valence electrons. The van der Waals surface area contributed by atoms with Gasteiger partial charge in [-0.25, -0.2) is 4.79 Å². The van der Waals surface area contributed by atoms with Crippen LogP contribution in [0.4, 0.5) is 4.79 Å². The molecule has 1 spiro atoms. The maximum atomic E-state index is 12.7. The van der Waals surface area contributed by atoms with Crippen molar-refractivity contribution < 1.29 is 14.4 Å². The zero-order valence-corrected chi connectivity index (χ0v) is 17.1. The van der Waals surface area contributed by atoms with Crippen LogP contribution in [0.1, 0.15) is 75.1 Å². The van der Waals surface area contributed by atoms with Crippen molar-refractivity contribution in [2.45, 2.75) is 75.8 Å². The normalized spacial score (nSPS) is 22.8. The van der Waals surface area contributed by atoms with Crippen LogP contribution in [0.15, 0.2) is 17.5 Å². The van der Waals surface area contributed by atoms with Gasteiger partial charge in [-0.05, 0) is 49.5 Å². The summed E-state index contributed by atoms with van der Waals surface area (Å²) in [7, 11) is 0. The first-order valence-corrected chi connectivity index (χ1v) is 11.4. The highest BCUT2D eigenvalue weighted by atomic mass is 32.1. The summed E-state index contributed by atoms with van der Waals surface area (Å²) in [5, 5.41) is 8.17. The minimum Gasteiger partial charge on any atom is -0.348 e. The van der Waals surface area contributed by atoms with E-state index in [4.69, 9.17) is 0 Å². The third-order valence-corrected chi connectivity index (χ3v) is 7.48. The molecule has 0 unspecified atom stereocenters. The Hall–Kier alpha value is -1.89. The number of hydrogen-bond acceptors (Lipinski definition) is 4. The van der Waals surface area contributed by atoms with Gasteiger partial charge in [-0.15, -0.1) is 11.3 Å². The summed E-state index contributed by atoms with van der Waals surface area (Å²) in [5.74, 6) is 0.418. The molecule has 1 atom stereocenters. The van der Waals surface area contributed by atoms with E-state index in [0.29, 0.717) is 25.3 Å². The second-order valence-electron chi connectivity index (χ2n) is 8.38. The SMILES string of the molecule is O=C(CCCN1C(=O)NC2(CCCC2)C1=O)N[C@@H](c1cccs1)C1CCCC1. The fourth-order valence-corrected chi connectivity index (χ4v) is 5.89. The molecule has 4 rings (SSSR count). The molecule has 1 aromatic rings. The average Bonchev–Trinajstić information content (AvgIpc) is 3.46. The average molecular weight is 404 g/mol. The van der Waals surface area contributed by atoms with Crippen molar-refractivity contribution in [3.63, 3.8) is 0 Å². The molecule has 6 nitrogen and oxygen atoms in total. The van der Waals surface area contributed by atoms with Crippen LogP contribution in [-0.4, -0.2) is 34.8 Å². The number of carbonyl (C=O) groups is 3. The standard InChI is InChI=1S/C21H29N3O3S/c25-17(22-18(15-7-1-2-8-15)16-9-6-14-28-16)10-5-13-24-19(26)21(23-20(24)27)11-3-4-12-21/h6,9,14-15,18H,1-5,7-8,10-13H2,(H,22,25)(H,23,27)/t18-/m1/s1. The highest BCUT2D eigenvalue weighted by molar-refractivity contribution is 7.10. The molecule has 7 heteroatoms. The number of thiophene rings is 1. The Morgan fingerprint density at radius 2 is 2.00 bits per heavy atom. The third-order valence-electron chi connectivity index (χ3n) is 6.53. The van der Waals surface area contributed by atoms with Gasteiger partial charge in [0.05, 0.1) is 6.04 Å². The lowest BCUT2D eigenvalue weighted by atomic mass is 9.96. The van der Waals surface area contributed by atoms with E-state index in [1.54, 1.807) is 11.3 Å². The van der Waals surface area contributed by atoms with Crippen molar-refractivity contribution in [1.82, 2.24) is 15.5 Å². The lowest BCUT2D eigenvalue weighted by Crippen LogP contribution is -2.44. The summed E-state index contributed by atoms with van der Waals surface area (Å²) in [5.41, 5.74) is -0.661. The molecule has 1 saturated heterocycles. The van der Waals surface area contributed by atoms with Crippen molar-refractivity contribution in [2.24, 2.45) is 5.92 Å². The van der Waals surface area contributed by atoms with Gasteiger partial charge in [-0.2, -0.15) is 0 Å². The van der Waals surface area contributed by atoms with Crippen LogP contribution in [0.5, 0.6) is 0 Å². The number of nitrogens with zero attached hydrogens (tertiary/aromatic N) is 1. The van der Waals surface area contributed by atoms with E-state index in [1.807, 2.05) is 6.07 Å². The fraction of sp³-hybridized carbons (Fsp3) is 0.667. The number of imide groups is 1. The molecule has 0 bridgehead atoms. The lowest BCUT2D eigenvalue weighted by Gasteiger charge is -2.24. The van der Waals surface area contributed by atoms with E-state index in [2.05, 4.69) is 22.1 Å². The van der Waals surface area contributed by atoms with Crippen LogP contribution in [-0.2, 0) is 9.59 Å².